The van der Waals surface area contributed by atoms with Gasteiger partial charge >= 0.3 is 6.18 Å². The summed E-state index contributed by atoms with van der Waals surface area (Å²) in [5, 5.41) is 0. The summed E-state index contributed by atoms with van der Waals surface area (Å²) in [5.74, 6) is 1.14. The number of carbonyl (C=O) groups excluding carboxylic acids is 1. The van der Waals surface area contributed by atoms with Crippen molar-refractivity contribution in [2.24, 2.45) is 17.8 Å². The van der Waals surface area contributed by atoms with Crippen LogP contribution in [-0.2, 0) is 22.3 Å². The summed E-state index contributed by atoms with van der Waals surface area (Å²) in [6.07, 6.45) is -3.06. The van der Waals surface area contributed by atoms with Crippen molar-refractivity contribution >= 4 is 5.91 Å². The van der Waals surface area contributed by atoms with E-state index in [-0.39, 0.29) is 11.8 Å². The third-order valence-corrected chi connectivity index (χ3v) is 6.68. The number of amides is 1. The Kier molecular flexibility index (Phi) is 4.94. The van der Waals surface area contributed by atoms with E-state index in [4.69, 9.17) is 4.74 Å². The number of halogens is 3. The number of piperidine rings is 1. The molecule has 0 aromatic heterocycles. The van der Waals surface area contributed by atoms with Crippen molar-refractivity contribution in [3.05, 3.63) is 35.4 Å². The smallest absolute Gasteiger partial charge is 0.355 e. The molecule has 0 unspecified atom stereocenters. The van der Waals surface area contributed by atoms with Crippen LogP contribution in [0.2, 0.25) is 0 Å². The first-order chi connectivity index (χ1) is 13.2. The third kappa shape index (κ3) is 3.43. The molecular weight excluding hydrogens is 369 g/mol. The first kappa shape index (κ1) is 19.7. The lowest BCUT2D eigenvalue weighted by atomic mass is 9.85. The monoisotopic (exact) mass is 396 g/mol. The number of hydrogen-bond acceptors (Lipinski definition) is 3. The fourth-order valence-corrected chi connectivity index (χ4v) is 4.85. The maximum atomic E-state index is 12.7. The highest BCUT2D eigenvalue weighted by atomic mass is 19.4. The molecule has 3 saturated heterocycles. The molecule has 1 aromatic carbocycles. The number of rotatable bonds is 3. The van der Waals surface area contributed by atoms with Gasteiger partial charge in [-0.25, -0.2) is 0 Å². The topological polar surface area (TPSA) is 32.8 Å². The Morgan fingerprint density at radius 2 is 1.93 bits per heavy atom. The van der Waals surface area contributed by atoms with Gasteiger partial charge in [-0.05, 0) is 23.6 Å². The molecule has 28 heavy (non-hydrogen) atoms. The molecule has 0 aliphatic carbocycles. The largest absolute Gasteiger partial charge is 0.416 e. The van der Waals surface area contributed by atoms with Gasteiger partial charge in [0.25, 0.3) is 0 Å². The Morgan fingerprint density at radius 3 is 2.57 bits per heavy atom. The molecule has 3 aliphatic rings. The van der Waals surface area contributed by atoms with Gasteiger partial charge in [0.15, 0.2) is 0 Å². The fraction of sp³-hybridized carbons (Fsp3) is 0.667. The zero-order valence-corrected chi connectivity index (χ0v) is 16.3. The van der Waals surface area contributed by atoms with Crippen LogP contribution in [0, 0.1) is 17.8 Å². The fourth-order valence-electron chi connectivity index (χ4n) is 4.85. The molecule has 3 aliphatic heterocycles. The van der Waals surface area contributed by atoms with Gasteiger partial charge in [-0.2, -0.15) is 13.2 Å². The molecule has 1 spiro atoms. The summed E-state index contributed by atoms with van der Waals surface area (Å²) < 4.78 is 44.5. The molecule has 3 heterocycles. The van der Waals surface area contributed by atoms with Crippen LogP contribution in [0.1, 0.15) is 37.8 Å². The van der Waals surface area contributed by atoms with Gasteiger partial charge in [-0.1, -0.05) is 26.0 Å². The lowest BCUT2D eigenvalue weighted by Crippen LogP contribution is -2.62. The number of ether oxygens (including phenoxy) is 1. The first-order valence-corrected chi connectivity index (χ1v) is 10.0. The second-order valence-corrected chi connectivity index (χ2v) is 8.75. The van der Waals surface area contributed by atoms with Crippen molar-refractivity contribution in [2.75, 3.05) is 26.2 Å². The maximum absolute atomic E-state index is 12.7. The highest BCUT2D eigenvalue weighted by molar-refractivity contribution is 5.80. The lowest BCUT2D eigenvalue weighted by molar-refractivity contribution is -0.227. The van der Waals surface area contributed by atoms with Crippen LogP contribution in [0.4, 0.5) is 13.2 Å². The van der Waals surface area contributed by atoms with Gasteiger partial charge in [0.05, 0.1) is 12.2 Å². The third-order valence-electron chi connectivity index (χ3n) is 6.68. The summed E-state index contributed by atoms with van der Waals surface area (Å²) in [5.41, 5.74) is -0.241. The van der Waals surface area contributed by atoms with E-state index in [1.165, 1.54) is 0 Å². The summed E-state index contributed by atoms with van der Waals surface area (Å²) in [7, 11) is 0. The van der Waals surface area contributed by atoms with E-state index in [1.54, 1.807) is 12.1 Å². The van der Waals surface area contributed by atoms with E-state index < -0.39 is 17.5 Å². The van der Waals surface area contributed by atoms with E-state index >= 15 is 0 Å². The summed E-state index contributed by atoms with van der Waals surface area (Å²) in [4.78, 5) is 16.9. The number of hydrogen-bond donors (Lipinski definition) is 0. The Labute approximate surface area is 163 Å². The van der Waals surface area contributed by atoms with Gasteiger partial charge in [-0.3, -0.25) is 9.69 Å². The molecule has 1 aromatic rings. The zero-order chi connectivity index (χ0) is 20.1. The average Bonchev–Trinajstić information content (AvgIpc) is 2.92. The number of likely N-dealkylation sites (tertiary alicyclic amines) is 1. The standard InChI is InChI=1S/C21H27F3N2O2/c1-14(2)16-11-26-19(27)9-18-12-25(8-7-20(18,26)28-13-16)10-15-3-5-17(6-4-15)21(22,23)24/h3-6,14,16,18H,7-13H2,1-2H3/t16-,18-,20-/m1/s1. The normalized spacial score (nSPS) is 31.2. The SMILES string of the molecule is CC(C)[C@H]1CO[C@]23CCN(Cc4ccc(C(F)(F)F)cc4)C[C@H]2CC(=O)N3C1. The lowest BCUT2D eigenvalue weighted by Gasteiger charge is -2.52. The molecule has 7 heteroatoms. The number of benzene rings is 1. The predicted molar refractivity (Wildman–Crippen MR) is 98.2 cm³/mol. The van der Waals surface area contributed by atoms with Crippen LogP contribution >= 0.6 is 0 Å². The maximum Gasteiger partial charge on any atom is 0.416 e. The first-order valence-electron chi connectivity index (χ1n) is 10.0. The minimum atomic E-state index is -4.31. The van der Waals surface area contributed by atoms with Gasteiger partial charge in [0.1, 0.15) is 5.72 Å². The number of alkyl halides is 3. The number of nitrogens with zero attached hydrogens (tertiary/aromatic N) is 2. The van der Waals surface area contributed by atoms with Gasteiger partial charge in [0, 0.05) is 50.9 Å². The predicted octanol–water partition coefficient (Wildman–Crippen LogP) is 3.76. The molecule has 3 fully saturated rings. The van der Waals surface area contributed by atoms with E-state index in [2.05, 4.69) is 18.7 Å². The molecule has 4 nitrogen and oxygen atoms in total. The molecule has 0 bridgehead atoms. The zero-order valence-electron chi connectivity index (χ0n) is 16.3. The Morgan fingerprint density at radius 1 is 1.21 bits per heavy atom. The van der Waals surface area contributed by atoms with Crippen LogP contribution in [0.5, 0.6) is 0 Å². The average molecular weight is 396 g/mol. The van der Waals surface area contributed by atoms with Crippen molar-refractivity contribution in [3.63, 3.8) is 0 Å². The van der Waals surface area contributed by atoms with E-state index in [1.807, 2.05) is 4.90 Å². The number of carbonyl (C=O) groups is 1. The minimum Gasteiger partial charge on any atom is -0.355 e. The summed E-state index contributed by atoms with van der Waals surface area (Å²) >= 11 is 0. The van der Waals surface area contributed by atoms with Gasteiger partial charge < -0.3 is 9.64 Å². The summed E-state index contributed by atoms with van der Waals surface area (Å²) in [6, 6.07) is 5.36. The second-order valence-electron chi connectivity index (χ2n) is 8.75. The molecule has 154 valence electrons. The Bertz CT molecular complexity index is 734. The quantitative estimate of drug-likeness (QED) is 0.780. The molecular formula is C21H27F3N2O2. The van der Waals surface area contributed by atoms with Gasteiger partial charge in [-0.15, -0.1) is 0 Å². The van der Waals surface area contributed by atoms with Crippen molar-refractivity contribution < 1.29 is 22.7 Å². The van der Waals surface area contributed by atoms with Crippen molar-refractivity contribution in [2.45, 2.75) is 45.1 Å². The van der Waals surface area contributed by atoms with Crippen molar-refractivity contribution in [1.29, 1.82) is 0 Å². The summed E-state index contributed by atoms with van der Waals surface area (Å²) in [6.45, 7) is 7.88. The molecule has 0 N–H and O–H groups in total. The van der Waals surface area contributed by atoms with E-state index in [9.17, 15) is 18.0 Å². The van der Waals surface area contributed by atoms with Crippen LogP contribution in [0.25, 0.3) is 0 Å². The van der Waals surface area contributed by atoms with Gasteiger partial charge in [0.2, 0.25) is 5.91 Å². The molecule has 1 amide bonds. The van der Waals surface area contributed by atoms with Crippen molar-refractivity contribution in [3.8, 4) is 0 Å². The van der Waals surface area contributed by atoms with Crippen LogP contribution in [0.3, 0.4) is 0 Å². The van der Waals surface area contributed by atoms with E-state index in [0.717, 1.165) is 43.8 Å². The molecule has 4 rings (SSSR count). The molecule has 0 radical (unpaired) electrons. The highest BCUT2D eigenvalue weighted by Gasteiger charge is 2.58. The van der Waals surface area contributed by atoms with E-state index in [0.29, 0.717) is 31.4 Å². The highest BCUT2D eigenvalue weighted by Crippen LogP contribution is 2.46. The van der Waals surface area contributed by atoms with Crippen LogP contribution < -0.4 is 0 Å². The van der Waals surface area contributed by atoms with Crippen molar-refractivity contribution in [1.82, 2.24) is 9.80 Å². The van der Waals surface area contributed by atoms with Crippen LogP contribution in [-0.4, -0.2) is 47.7 Å². The molecule has 0 saturated carbocycles. The molecule has 3 atom stereocenters. The Hall–Kier alpha value is -1.60. The minimum absolute atomic E-state index is 0.122. The van der Waals surface area contributed by atoms with Crippen LogP contribution in [0.15, 0.2) is 24.3 Å². The Balaban J connectivity index is 1.43. The second kappa shape index (κ2) is 7.02.